The Balaban J connectivity index is 2.20. The summed E-state index contributed by atoms with van der Waals surface area (Å²) in [5.41, 5.74) is 7.60. The highest BCUT2D eigenvalue weighted by Crippen LogP contribution is 2.32. The molecular formula is C12H17ClN2O. The lowest BCUT2D eigenvalue weighted by Gasteiger charge is -2.34. The van der Waals surface area contributed by atoms with Crippen molar-refractivity contribution in [2.24, 2.45) is 5.92 Å². The van der Waals surface area contributed by atoms with Crippen LogP contribution in [0.25, 0.3) is 0 Å². The molecule has 1 unspecified atom stereocenters. The second-order valence-corrected chi connectivity index (χ2v) is 4.72. The summed E-state index contributed by atoms with van der Waals surface area (Å²) in [7, 11) is 0. The van der Waals surface area contributed by atoms with E-state index in [1.165, 1.54) is 0 Å². The van der Waals surface area contributed by atoms with Gasteiger partial charge in [-0.3, -0.25) is 0 Å². The molecule has 3 nitrogen and oxygen atoms in total. The number of benzene rings is 1. The highest BCUT2D eigenvalue weighted by atomic mass is 35.5. The Labute approximate surface area is 101 Å². The number of anilines is 2. The van der Waals surface area contributed by atoms with Crippen LogP contribution in [0.2, 0.25) is 5.02 Å². The minimum absolute atomic E-state index is 0.247. The van der Waals surface area contributed by atoms with Crippen molar-refractivity contribution in [3.63, 3.8) is 0 Å². The average molecular weight is 241 g/mol. The quantitative estimate of drug-likeness (QED) is 0.779. The molecule has 1 heterocycles. The standard InChI is InChI=1S/C12H17ClN2O/c13-10-4-1-5-11(12(10)14)15-6-2-3-9(7-15)8-16/h1,4-5,9,16H,2-3,6-8,14H2. The van der Waals surface area contributed by atoms with E-state index in [-0.39, 0.29) is 6.61 Å². The maximum atomic E-state index is 9.20. The summed E-state index contributed by atoms with van der Waals surface area (Å²) in [6, 6.07) is 5.70. The number of piperidine rings is 1. The topological polar surface area (TPSA) is 49.5 Å². The van der Waals surface area contributed by atoms with Crippen molar-refractivity contribution in [3.05, 3.63) is 23.2 Å². The van der Waals surface area contributed by atoms with Gasteiger partial charge in [0.2, 0.25) is 0 Å². The Morgan fingerprint density at radius 2 is 2.31 bits per heavy atom. The van der Waals surface area contributed by atoms with Crippen molar-refractivity contribution >= 4 is 23.0 Å². The van der Waals surface area contributed by atoms with Crippen LogP contribution in [0.1, 0.15) is 12.8 Å². The lowest BCUT2D eigenvalue weighted by Crippen LogP contribution is -2.37. The van der Waals surface area contributed by atoms with Crippen molar-refractivity contribution in [1.82, 2.24) is 0 Å². The van der Waals surface area contributed by atoms with E-state index in [0.29, 0.717) is 16.6 Å². The van der Waals surface area contributed by atoms with Gasteiger partial charge >= 0.3 is 0 Å². The van der Waals surface area contributed by atoms with Gasteiger partial charge in [-0.2, -0.15) is 0 Å². The number of para-hydroxylation sites is 1. The monoisotopic (exact) mass is 240 g/mol. The third-order valence-electron chi connectivity index (χ3n) is 3.15. The second kappa shape index (κ2) is 4.93. The fourth-order valence-electron chi connectivity index (χ4n) is 2.23. The summed E-state index contributed by atoms with van der Waals surface area (Å²) in [5, 5.41) is 9.80. The summed E-state index contributed by atoms with van der Waals surface area (Å²) < 4.78 is 0. The van der Waals surface area contributed by atoms with Gasteiger partial charge < -0.3 is 15.7 Å². The van der Waals surface area contributed by atoms with E-state index in [1.54, 1.807) is 6.07 Å². The summed E-state index contributed by atoms with van der Waals surface area (Å²) in [5.74, 6) is 0.354. The lowest BCUT2D eigenvalue weighted by molar-refractivity contribution is 0.209. The number of nitrogens with two attached hydrogens (primary N) is 1. The Morgan fingerprint density at radius 1 is 1.50 bits per heavy atom. The van der Waals surface area contributed by atoms with Crippen LogP contribution in [0, 0.1) is 5.92 Å². The van der Waals surface area contributed by atoms with Gasteiger partial charge in [0.05, 0.1) is 16.4 Å². The van der Waals surface area contributed by atoms with Gasteiger partial charge in [-0.1, -0.05) is 17.7 Å². The average Bonchev–Trinajstić information content (AvgIpc) is 2.33. The van der Waals surface area contributed by atoms with Crippen LogP contribution in [0.3, 0.4) is 0 Å². The van der Waals surface area contributed by atoms with E-state index >= 15 is 0 Å². The van der Waals surface area contributed by atoms with Gasteiger partial charge in [-0.25, -0.2) is 0 Å². The first-order valence-corrected chi connectivity index (χ1v) is 6.00. The summed E-state index contributed by atoms with van der Waals surface area (Å²) in [4.78, 5) is 2.21. The smallest absolute Gasteiger partial charge is 0.0741 e. The SMILES string of the molecule is Nc1c(Cl)cccc1N1CCCC(CO)C1. The van der Waals surface area contributed by atoms with Crippen molar-refractivity contribution in [1.29, 1.82) is 0 Å². The predicted octanol–water partition coefficient (Wildman–Crippen LogP) is 2.13. The molecule has 1 aromatic carbocycles. The highest BCUT2D eigenvalue weighted by molar-refractivity contribution is 6.33. The molecule has 0 radical (unpaired) electrons. The minimum Gasteiger partial charge on any atom is -0.396 e. The van der Waals surface area contributed by atoms with E-state index < -0.39 is 0 Å². The molecule has 1 atom stereocenters. The number of halogens is 1. The first kappa shape index (κ1) is 11.6. The zero-order chi connectivity index (χ0) is 11.5. The molecule has 1 fully saturated rings. The van der Waals surface area contributed by atoms with Crippen molar-refractivity contribution in [2.75, 3.05) is 30.3 Å². The third kappa shape index (κ3) is 2.25. The molecule has 16 heavy (non-hydrogen) atoms. The fraction of sp³-hybridized carbons (Fsp3) is 0.500. The molecule has 0 aromatic heterocycles. The molecule has 0 saturated carbocycles. The normalized spacial score (nSPS) is 21.1. The van der Waals surface area contributed by atoms with Gasteiger partial charge in [-0.15, -0.1) is 0 Å². The highest BCUT2D eigenvalue weighted by Gasteiger charge is 2.21. The third-order valence-corrected chi connectivity index (χ3v) is 3.48. The molecule has 2 rings (SSSR count). The van der Waals surface area contributed by atoms with Crippen molar-refractivity contribution in [3.8, 4) is 0 Å². The summed E-state index contributed by atoms with van der Waals surface area (Å²) in [6.45, 7) is 2.10. The van der Waals surface area contributed by atoms with Crippen LogP contribution >= 0.6 is 11.6 Å². The number of rotatable bonds is 2. The van der Waals surface area contributed by atoms with Gasteiger partial charge in [0.1, 0.15) is 0 Å². The Hall–Kier alpha value is -0.930. The maximum absolute atomic E-state index is 9.20. The predicted molar refractivity (Wildman–Crippen MR) is 67.9 cm³/mol. The number of aliphatic hydroxyl groups is 1. The van der Waals surface area contributed by atoms with Crippen LogP contribution in [-0.4, -0.2) is 24.8 Å². The number of nitrogen functional groups attached to an aromatic ring is 1. The largest absolute Gasteiger partial charge is 0.396 e. The first-order chi connectivity index (χ1) is 7.72. The van der Waals surface area contributed by atoms with Crippen molar-refractivity contribution in [2.45, 2.75) is 12.8 Å². The lowest BCUT2D eigenvalue weighted by atomic mass is 9.98. The zero-order valence-electron chi connectivity index (χ0n) is 9.19. The first-order valence-electron chi connectivity index (χ1n) is 5.62. The Bertz CT molecular complexity index is 370. The van der Waals surface area contributed by atoms with Crippen molar-refractivity contribution < 1.29 is 5.11 Å². The fourth-order valence-corrected chi connectivity index (χ4v) is 2.40. The summed E-state index contributed by atoms with van der Waals surface area (Å²) >= 11 is 6.00. The van der Waals surface area contributed by atoms with E-state index in [4.69, 9.17) is 17.3 Å². The Morgan fingerprint density at radius 3 is 3.06 bits per heavy atom. The molecule has 4 heteroatoms. The molecule has 0 bridgehead atoms. The van der Waals surface area contributed by atoms with Crippen LogP contribution in [0.15, 0.2) is 18.2 Å². The van der Waals surface area contributed by atoms with E-state index in [1.807, 2.05) is 12.1 Å². The van der Waals surface area contributed by atoms with Gasteiger partial charge in [0.15, 0.2) is 0 Å². The van der Waals surface area contributed by atoms with E-state index in [9.17, 15) is 5.11 Å². The van der Waals surface area contributed by atoms with E-state index in [0.717, 1.165) is 31.6 Å². The molecular weight excluding hydrogens is 224 g/mol. The second-order valence-electron chi connectivity index (χ2n) is 4.31. The number of hydrogen-bond acceptors (Lipinski definition) is 3. The molecule has 0 aliphatic carbocycles. The molecule has 0 amide bonds. The molecule has 1 aliphatic rings. The number of hydrogen-bond donors (Lipinski definition) is 2. The molecule has 1 aliphatic heterocycles. The number of nitrogens with zero attached hydrogens (tertiary/aromatic N) is 1. The van der Waals surface area contributed by atoms with Crippen LogP contribution in [-0.2, 0) is 0 Å². The molecule has 1 aromatic rings. The molecule has 3 N–H and O–H groups in total. The van der Waals surface area contributed by atoms with E-state index in [2.05, 4.69) is 4.90 Å². The zero-order valence-corrected chi connectivity index (χ0v) is 9.95. The minimum atomic E-state index is 0.247. The maximum Gasteiger partial charge on any atom is 0.0741 e. The molecule has 88 valence electrons. The molecule has 0 spiro atoms. The molecule has 1 saturated heterocycles. The van der Waals surface area contributed by atoms with Gasteiger partial charge in [0, 0.05) is 19.7 Å². The van der Waals surface area contributed by atoms with Gasteiger partial charge in [0.25, 0.3) is 0 Å². The Kier molecular flexibility index (Phi) is 3.56. The summed E-state index contributed by atoms with van der Waals surface area (Å²) in [6.07, 6.45) is 2.19. The van der Waals surface area contributed by atoms with Gasteiger partial charge in [-0.05, 0) is 30.9 Å². The van der Waals surface area contributed by atoms with Crippen LogP contribution in [0.4, 0.5) is 11.4 Å². The van der Waals surface area contributed by atoms with Crippen LogP contribution < -0.4 is 10.6 Å². The number of aliphatic hydroxyl groups excluding tert-OH is 1. The van der Waals surface area contributed by atoms with Crippen LogP contribution in [0.5, 0.6) is 0 Å².